The first-order chi connectivity index (χ1) is 15.8. The number of carbonyl (C=O) groups is 2. The first-order valence-electron chi connectivity index (χ1n) is 11.0. The van der Waals surface area contributed by atoms with Crippen LogP contribution in [-0.4, -0.2) is 67.8 Å². The van der Waals surface area contributed by atoms with E-state index in [4.69, 9.17) is 18.9 Å². The molecule has 0 saturated heterocycles. The van der Waals surface area contributed by atoms with E-state index in [9.17, 15) is 14.7 Å². The summed E-state index contributed by atoms with van der Waals surface area (Å²) in [6.07, 6.45) is 2.36. The van der Waals surface area contributed by atoms with Crippen LogP contribution in [-0.2, 0) is 30.2 Å². The van der Waals surface area contributed by atoms with Crippen LogP contribution >= 0.6 is 0 Å². The molecule has 9 nitrogen and oxygen atoms in total. The molecule has 0 amide bonds. The van der Waals surface area contributed by atoms with Crippen molar-refractivity contribution in [1.29, 1.82) is 0 Å². The van der Waals surface area contributed by atoms with Crippen molar-refractivity contribution in [3.63, 3.8) is 0 Å². The van der Waals surface area contributed by atoms with Gasteiger partial charge in [0, 0.05) is 18.8 Å². The predicted octanol–water partition coefficient (Wildman–Crippen LogP) is 1.78. The summed E-state index contributed by atoms with van der Waals surface area (Å²) in [5, 5.41) is 10.7. The van der Waals surface area contributed by atoms with Gasteiger partial charge in [0.25, 0.3) is 0 Å². The molecule has 5 rings (SSSR count). The molecule has 4 aliphatic rings. The zero-order chi connectivity index (χ0) is 23.3. The number of ether oxygens (including phenoxy) is 5. The second-order valence-corrected chi connectivity index (χ2v) is 8.88. The maximum Gasteiger partial charge on any atom is 0.339 e. The van der Waals surface area contributed by atoms with E-state index in [-0.39, 0.29) is 12.7 Å². The number of benzene rings is 1. The van der Waals surface area contributed by atoms with E-state index < -0.39 is 30.1 Å². The molecule has 0 fully saturated rings. The Morgan fingerprint density at radius 3 is 2.64 bits per heavy atom. The normalized spacial score (nSPS) is 24.2. The molecule has 9 heteroatoms. The molecule has 1 aromatic carbocycles. The molecule has 33 heavy (non-hydrogen) atoms. The molecule has 0 aromatic heterocycles. The van der Waals surface area contributed by atoms with Gasteiger partial charge in [0.05, 0.1) is 26.6 Å². The lowest BCUT2D eigenvalue weighted by atomic mass is 9.79. The van der Waals surface area contributed by atoms with Gasteiger partial charge in [0.1, 0.15) is 5.76 Å². The molecule has 1 N–H and O–H groups in total. The number of allylic oxidation sites excluding steroid dienone is 1. The van der Waals surface area contributed by atoms with E-state index in [2.05, 4.69) is 15.7 Å². The minimum atomic E-state index is -2.04. The number of nitrogens with zero attached hydrogens (tertiary/aromatic N) is 1. The fourth-order valence-corrected chi connectivity index (χ4v) is 5.06. The molecule has 1 aliphatic carbocycles. The first kappa shape index (κ1) is 21.6. The number of fused-ring (bicyclic) bond motifs is 4. The molecule has 2 bridgehead atoms. The van der Waals surface area contributed by atoms with Gasteiger partial charge in [-0.25, -0.2) is 4.79 Å². The van der Waals surface area contributed by atoms with Gasteiger partial charge in [-0.1, -0.05) is 0 Å². The minimum absolute atomic E-state index is 0.167. The van der Waals surface area contributed by atoms with Gasteiger partial charge in [-0.05, 0) is 54.7 Å². The van der Waals surface area contributed by atoms with Crippen LogP contribution in [0.1, 0.15) is 36.8 Å². The van der Waals surface area contributed by atoms with Crippen LogP contribution in [0.4, 0.5) is 0 Å². The third kappa shape index (κ3) is 3.60. The maximum atomic E-state index is 13.1. The summed E-state index contributed by atoms with van der Waals surface area (Å²) in [7, 11) is 2.76. The molecule has 1 aromatic rings. The number of esters is 2. The van der Waals surface area contributed by atoms with Crippen molar-refractivity contribution in [1.82, 2.24) is 4.90 Å². The molecule has 3 aliphatic heterocycles. The number of hydrogen-bond acceptors (Lipinski definition) is 9. The molecular formula is C24H27NO8. The van der Waals surface area contributed by atoms with E-state index >= 15 is 0 Å². The van der Waals surface area contributed by atoms with Crippen LogP contribution < -0.4 is 9.47 Å². The Morgan fingerprint density at radius 1 is 1.18 bits per heavy atom. The van der Waals surface area contributed by atoms with E-state index in [0.717, 1.165) is 48.3 Å². The third-order valence-electron chi connectivity index (χ3n) is 6.77. The Hall–Kier alpha value is -3.20. The number of carbonyl (C=O) groups excluding carboxylic acids is 2. The molecule has 3 heterocycles. The highest BCUT2D eigenvalue weighted by Gasteiger charge is 2.47. The average Bonchev–Trinajstić information content (AvgIpc) is 3.18. The highest BCUT2D eigenvalue weighted by atomic mass is 16.7. The summed E-state index contributed by atoms with van der Waals surface area (Å²) in [5.74, 6) is -0.0628. The molecular weight excluding hydrogens is 430 g/mol. The highest BCUT2D eigenvalue weighted by molar-refractivity contribution is 5.85. The molecule has 176 valence electrons. The van der Waals surface area contributed by atoms with Crippen molar-refractivity contribution in [2.75, 3.05) is 34.1 Å². The van der Waals surface area contributed by atoms with Crippen molar-refractivity contribution in [2.45, 2.75) is 43.8 Å². The van der Waals surface area contributed by atoms with Crippen molar-refractivity contribution in [3.05, 3.63) is 46.4 Å². The number of hydrogen-bond donors (Lipinski definition) is 1. The number of methoxy groups -OCH3 is 2. The highest BCUT2D eigenvalue weighted by Crippen LogP contribution is 2.49. The molecule has 2 unspecified atom stereocenters. The Labute approximate surface area is 191 Å². The van der Waals surface area contributed by atoms with E-state index in [1.807, 2.05) is 12.1 Å². The standard InChI is InChI=1S/C24H27NO8/c1-24(28,11-19(26)29-2)23(27)33-22-20-15-10-18-17(31-12-32-18)9-13(15)4-6-25-7-5-14(8-16(20)25)21(22)30-3/h8-10,20,22,28H,4-7,11-12H2,1-3H3/t20-,22?,24?/m0/s1. The smallest absolute Gasteiger partial charge is 0.339 e. The van der Waals surface area contributed by atoms with Gasteiger partial charge in [-0.3, -0.25) is 4.79 Å². The second-order valence-electron chi connectivity index (χ2n) is 8.88. The van der Waals surface area contributed by atoms with Gasteiger partial charge >= 0.3 is 11.9 Å². The predicted molar refractivity (Wildman–Crippen MR) is 114 cm³/mol. The van der Waals surface area contributed by atoms with Crippen LogP contribution in [0.15, 0.2) is 35.2 Å². The lowest BCUT2D eigenvalue weighted by Gasteiger charge is -2.42. The average molecular weight is 457 g/mol. The number of rotatable bonds is 5. The van der Waals surface area contributed by atoms with Crippen molar-refractivity contribution < 1.29 is 38.4 Å². The summed E-state index contributed by atoms with van der Waals surface area (Å²) >= 11 is 0. The Kier molecular flexibility index (Phi) is 5.23. The topological polar surface area (TPSA) is 104 Å². The van der Waals surface area contributed by atoms with E-state index in [0.29, 0.717) is 17.3 Å². The van der Waals surface area contributed by atoms with Gasteiger partial charge in [-0.15, -0.1) is 0 Å². The fraction of sp³-hybridized carbons (Fsp3) is 0.500. The monoisotopic (exact) mass is 457 g/mol. The van der Waals surface area contributed by atoms with Crippen molar-refractivity contribution in [2.24, 2.45) is 0 Å². The maximum absolute atomic E-state index is 13.1. The second kappa shape index (κ2) is 7.98. The summed E-state index contributed by atoms with van der Waals surface area (Å²) < 4.78 is 27.5. The zero-order valence-corrected chi connectivity index (χ0v) is 18.9. The summed E-state index contributed by atoms with van der Waals surface area (Å²) in [6.45, 7) is 3.08. The molecule has 0 saturated carbocycles. The quantitative estimate of drug-likeness (QED) is 0.663. The Morgan fingerprint density at radius 2 is 1.91 bits per heavy atom. The third-order valence-corrected chi connectivity index (χ3v) is 6.77. The summed E-state index contributed by atoms with van der Waals surface area (Å²) in [4.78, 5) is 27.1. The minimum Gasteiger partial charge on any atom is -0.497 e. The van der Waals surface area contributed by atoms with Gasteiger partial charge in [0.15, 0.2) is 23.2 Å². The van der Waals surface area contributed by atoms with Crippen LogP contribution in [0.5, 0.6) is 11.5 Å². The van der Waals surface area contributed by atoms with Gasteiger partial charge < -0.3 is 33.7 Å². The van der Waals surface area contributed by atoms with Crippen LogP contribution in [0, 0.1) is 0 Å². The molecule has 0 spiro atoms. The van der Waals surface area contributed by atoms with Crippen molar-refractivity contribution in [3.8, 4) is 11.5 Å². The van der Waals surface area contributed by atoms with E-state index in [1.54, 1.807) is 7.11 Å². The first-order valence-corrected chi connectivity index (χ1v) is 11.0. The molecule has 3 atom stereocenters. The SMILES string of the molecule is COC(=O)CC(C)(O)C(=O)OC1C(OC)=C2C=C3[C@@H]1c1cc4c(cc1CCN3CC2)OCO4. The Bertz CT molecular complexity index is 1070. The largest absolute Gasteiger partial charge is 0.497 e. The van der Waals surface area contributed by atoms with Crippen LogP contribution in [0.3, 0.4) is 0 Å². The molecule has 0 radical (unpaired) electrons. The van der Waals surface area contributed by atoms with Crippen molar-refractivity contribution >= 4 is 11.9 Å². The number of aliphatic hydroxyl groups is 1. The van der Waals surface area contributed by atoms with Crippen LogP contribution in [0.25, 0.3) is 0 Å². The van der Waals surface area contributed by atoms with E-state index in [1.165, 1.54) is 14.0 Å². The Balaban J connectivity index is 1.57. The lowest BCUT2D eigenvalue weighted by molar-refractivity contribution is -0.175. The van der Waals surface area contributed by atoms with Crippen LogP contribution in [0.2, 0.25) is 0 Å². The summed E-state index contributed by atoms with van der Waals surface area (Å²) in [6, 6.07) is 3.95. The lowest BCUT2D eigenvalue weighted by Crippen LogP contribution is -2.46. The fourth-order valence-electron chi connectivity index (χ4n) is 5.06. The van der Waals surface area contributed by atoms with Gasteiger partial charge in [0.2, 0.25) is 6.79 Å². The summed E-state index contributed by atoms with van der Waals surface area (Å²) in [5.41, 5.74) is 2.02. The zero-order valence-electron chi connectivity index (χ0n) is 18.9. The van der Waals surface area contributed by atoms with Gasteiger partial charge in [-0.2, -0.15) is 0 Å².